The van der Waals surface area contributed by atoms with Gasteiger partial charge in [-0.25, -0.2) is 14.3 Å². The van der Waals surface area contributed by atoms with Gasteiger partial charge in [0.2, 0.25) is 0 Å². The number of hydrogen-bond donors (Lipinski definition) is 1. The number of aryl methyl sites for hydroxylation is 1. The first kappa shape index (κ1) is 20.9. The Hall–Kier alpha value is -3.35. The maximum absolute atomic E-state index is 12.7. The first-order valence-corrected chi connectivity index (χ1v) is 10.9. The lowest BCUT2D eigenvalue weighted by molar-refractivity contribution is 0.177. The van der Waals surface area contributed by atoms with Gasteiger partial charge in [-0.1, -0.05) is 60.7 Å². The molecule has 0 aliphatic carbocycles. The van der Waals surface area contributed by atoms with Crippen LogP contribution in [0.25, 0.3) is 0 Å². The largest absolute Gasteiger partial charge is 0.345 e. The number of piperidine rings is 1. The Balaban J connectivity index is 1.42. The maximum Gasteiger partial charge on any atom is 0.345 e. The van der Waals surface area contributed by atoms with Crippen LogP contribution in [0.2, 0.25) is 0 Å². The zero-order valence-electron chi connectivity index (χ0n) is 17.9. The Morgan fingerprint density at radius 2 is 1.74 bits per heavy atom. The van der Waals surface area contributed by atoms with E-state index in [1.54, 1.807) is 11.6 Å². The van der Waals surface area contributed by atoms with Gasteiger partial charge in [0.05, 0.1) is 6.54 Å². The van der Waals surface area contributed by atoms with Crippen molar-refractivity contribution in [2.24, 2.45) is 7.05 Å². The second kappa shape index (κ2) is 9.64. The molecule has 1 fully saturated rings. The fraction of sp³-hybridized carbons (Fsp3) is 0.375. The van der Waals surface area contributed by atoms with E-state index in [9.17, 15) is 9.59 Å². The molecule has 2 amide bonds. The molecule has 4 rings (SSSR count). The van der Waals surface area contributed by atoms with E-state index in [1.807, 2.05) is 53.4 Å². The van der Waals surface area contributed by atoms with Crippen molar-refractivity contribution in [3.8, 4) is 0 Å². The minimum atomic E-state index is -0.122. The molecule has 7 heteroatoms. The van der Waals surface area contributed by atoms with Crippen molar-refractivity contribution in [3.05, 3.63) is 88.1 Å². The number of urea groups is 1. The SMILES string of the molecule is Cn1nc(C2CCCN(C(=O)NCCc3ccccc3)C2)n(Cc2ccccc2)c1=O. The van der Waals surface area contributed by atoms with Crippen LogP contribution in [-0.2, 0) is 20.0 Å². The molecule has 2 heterocycles. The number of rotatable bonds is 6. The molecule has 0 radical (unpaired) electrons. The predicted octanol–water partition coefficient (Wildman–Crippen LogP) is 2.76. The molecule has 1 atom stereocenters. The summed E-state index contributed by atoms with van der Waals surface area (Å²) < 4.78 is 3.15. The van der Waals surface area contributed by atoms with Gasteiger partial charge in [-0.05, 0) is 30.4 Å². The van der Waals surface area contributed by atoms with E-state index >= 15 is 0 Å². The molecule has 0 bridgehead atoms. The van der Waals surface area contributed by atoms with Crippen LogP contribution in [0, 0.1) is 0 Å². The van der Waals surface area contributed by atoms with Gasteiger partial charge in [0.1, 0.15) is 5.82 Å². The predicted molar refractivity (Wildman–Crippen MR) is 120 cm³/mol. The van der Waals surface area contributed by atoms with E-state index in [0.29, 0.717) is 19.6 Å². The summed E-state index contributed by atoms with van der Waals surface area (Å²) in [6.45, 7) is 2.39. The monoisotopic (exact) mass is 419 g/mol. The Bertz CT molecular complexity index is 1060. The summed E-state index contributed by atoms with van der Waals surface area (Å²) in [5, 5.41) is 7.57. The third kappa shape index (κ3) is 5.05. The van der Waals surface area contributed by atoms with Crippen molar-refractivity contribution in [1.82, 2.24) is 24.6 Å². The van der Waals surface area contributed by atoms with E-state index in [-0.39, 0.29) is 17.6 Å². The van der Waals surface area contributed by atoms with Crippen LogP contribution in [0.15, 0.2) is 65.5 Å². The molecular formula is C24H29N5O2. The highest BCUT2D eigenvalue weighted by Gasteiger charge is 2.29. The fourth-order valence-corrected chi connectivity index (χ4v) is 4.18. The minimum absolute atomic E-state index is 0.0474. The molecule has 1 aliphatic heterocycles. The van der Waals surface area contributed by atoms with E-state index in [0.717, 1.165) is 37.2 Å². The van der Waals surface area contributed by atoms with Crippen LogP contribution in [0.5, 0.6) is 0 Å². The molecule has 0 spiro atoms. The smallest absolute Gasteiger partial charge is 0.338 e. The average Bonchev–Trinajstić information content (AvgIpc) is 3.09. The number of nitrogens with zero attached hydrogens (tertiary/aromatic N) is 4. The van der Waals surface area contributed by atoms with Crippen LogP contribution in [0.1, 0.15) is 35.7 Å². The first-order valence-electron chi connectivity index (χ1n) is 10.9. The number of nitrogens with one attached hydrogen (secondary N) is 1. The van der Waals surface area contributed by atoms with E-state index in [2.05, 4.69) is 22.5 Å². The number of likely N-dealkylation sites (tertiary alicyclic amines) is 1. The Morgan fingerprint density at radius 1 is 1.06 bits per heavy atom. The quantitative estimate of drug-likeness (QED) is 0.668. The van der Waals surface area contributed by atoms with Gasteiger partial charge < -0.3 is 10.2 Å². The number of carbonyl (C=O) groups is 1. The molecule has 1 N–H and O–H groups in total. The van der Waals surface area contributed by atoms with Crippen molar-refractivity contribution < 1.29 is 4.79 Å². The Morgan fingerprint density at radius 3 is 2.45 bits per heavy atom. The zero-order chi connectivity index (χ0) is 21.6. The van der Waals surface area contributed by atoms with Crippen LogP contribution >= 0.6 is 0 Å². The summed E-state index contributed by atoms with van der Waals surface area (Å²) in [7, 11) is 1.68. The van der Waals surface area contributed by atoms with Crippen LogP contribution in [0.4, 0.5) is 4.79 Å². The molecule has 31 heavy (non-hydrogen) atoms. The van der Waals surface area contributed by atoms with Crippen molar-refractivity contribution >= 4 is 6.03 Å². The van der Waals surface area contributed by atoms with Gasteiger partial charge in [0.15, 0.2) is 0 Å². The lowest BCUT2D eigenvalue weighted by Crippen LogP contribution is -2.46. The van der Waals surface area contributed by atoms with E-state index in [1.165, 1.54) is 10.2 Å². The number of carbonyl (C=O) groups excluding carboxylic acids is 1. The normalized spacial score (nSPS) is 16.3. The highest BCUT2D eigenvalue weighted by molar-refractivity contribution is 5.74. The van der Waals surface area contributed by atoms with Crippen LogP contribution < -0.4 is 11.0 Å². The van der Waals surface area contributed by atoms with Crippen LogP contribution in [-0.4, -0.2) is 44.9 Å². The number of benzene rings is 2. The number of hydrogen-bond acceptors (Lipinski definition) is 3. The molecule has 1 unspecified atom stereocenters. The second-order valence-corrected chi connectivity index (χ2v) is 8.09. The van der Waals surface area contributed by atoms with Gasteiger partial charge in [0.25, 0.3) is 0 Å². The molecule has 7 nitrogen and oxygen atoms in total. The third-order valence-corrected chi connectivity index (χ3v) is 5.83. The number of amides is 2. The lowest BCUT2D eigenvalue weighted by Gasteiger charge is -2.32. The topological polar surface area (TPSA) is 72.2 Å². The Kier molecular flexibility index (Phi) is 6.50. The van der Waals surface area contributed by atoms with Gasteiger partial charge in [-0.15, -0.1) is 0 Å². The van der Waals surface area contributed by atoms with Gasteiger partial charge >= 0.3 is 11.7 Å². The summed E-state index contributed by atoms with van der Waals surface area (Å²) in [6, 6.07) is 20.0. The molecule has 1 aliphatic rings. The van der Waals surface area contributed by atoms with E-state index < -0.39 is 0 Å². The van der Waals surface area contributed by atoms with Crippen molar-refractivity contribution in [2.75, 3.05) is 19.6 Å². The highest BCUT2D eigenvalue weighted by Crippen LogP contribution is 2.25. The molecule has 1 saturated heterocycles. The summed E-state index contributed by atoms with van der Waals surface area (Å²) in [5.41, 5.74) is 2.14. The zero-order valence-corrected chi connectivity index (χ0v) is 17.9. The molecule has 0 saturated carbocycles. The minimum Gasteiger partial charge on any atom is -0.338 e. The molecule has 162 valence electrons. The summed E-state index contributed by atoms with van der Waals surface area (Å²) in [4.78, 5) is 27.3. The first-order chi connectivity index (χ1) is 15.1. The molecule has 1 aromatic heterocycles. The summed E-state index contributed by atoms with van der Waals surface area (Å²) in [6.07, 6.45) is 2.62. The number of aromatic nitrogens is 3. The summed E-state index contributed by atoms with van der Waals surface area (Å²) in [5.74, 6) is 0.810. The van der Waals surface area contributed by atoms with Crippen molar-refractivity contribution in [3.63, 3.8) is 0 Å². The maximum atomic E-state index is 12.7. The average molecular weight is 420 g/mol. The second-order valence-electron chi connectivity index (χ2n) is 8.09. The third-order valence-electron chi connectivity index (χ3n) is 5.83. The lowest BCUT2D eigenvalue weighted by atomic mass is 9.97. The van der Waals surface area contributed by atoms with Gasteiger partial charge in [0, 0.05) is 32.6 Å². The molecule has 2 aromatic carbocycles. The highest BCUT2D eigenvalue weighted by atomic mass is 16.2. The van der Waals surface area contributed by atoms with Gasteiger partial charge in [-0.3, -0.25) is 4.57 Å². The van der Waals surface area contributed by atoms with Crippen molar-refractivity contribution in [1.29, 1.82) is 0 Å². The fourth-order valence-electron chi connectivity index (χ4n) is 4.18. The van der Waals surface area contributed by atoms with Crippen LogP contribution in [0.3, 0.4) is 0 Å². The Labute approximate surface area is 182 Å². The molecular weight excluding hydrogens is 390 g/mol. The summed E-state index contributed by atoms with van der Waals surface area (Å²) >= 11 is 0. The van der Waals surface area contributed by atoms with Crippen molar-refractivity contribution in [2.45, 2.75) is 31.7 Å². The van der Waals surface area contributed by atoms with E-state index in [4.69, 9.17) is 0 Å². The molecule has 3 aromatic rings. The van der Waals surface area contributed by atoms with Gasteiger partial charge in [-0.2, -0.15) is 5.10 Å². The standard InChI is InChI=1S/C24H29N5O2/c1-27-24(31)29(17-20-11-6-3-7-12-20)22(26-27)21-13-8-16-28(18-21)23(30)25-15-14-19-9-4-2-5-10-19/h2-7,9-12,21H,8,13-18H2,1H3,(H,25,30).